The lowest BCUT2D eigenvalue weighted by molar-refractivity contribution is -0.187. The summed E-state index contributed by atoms with van der Waals surface area (Å²) in [6.07, 6.45) is 1.93. The molecular weight excluding hydrogens is 416 g/mol. The third-order valence-electron chi connectivity index (χ3n) is 7.84. The van der Waals surface area contributed by atoms with Crippen LogP contribution in [0.2, 0.25) is 0 Å². The topological polar surface area (TPSA) is 146 Å². The van der Waals surface area contributed by atoms with E-state index in [-0.39, 0.29) is 49.5 Å². The Morgan fingerprint density at radius 1 is 1.31 bits per heavy atom. The molecule has 2 fully saturated rings. The second-order valence-corrected chi connectivity index (χ2v) is 9.34. The van der Waals surface area contributed by atoms with Gasteiger partial charge < -0.3 is 41.0 Å². The number of carbonyl (C=O) groups excluding carboxylic acids is 2. The van der Waals surface area contributed by atoms with E-state index in [4.69, 9.17) is 15.2 Å². The number of phenols is 1. The normalized spacial score (nSPS) is 34.4. The number of aliphatic hydroxyl groups is 1. The van der Waals surface area contributed by atoms with E-state index in [9.17, 15) is 19.8 Å². The fourth-order valence-electron chi connectivity index (χ4n) is 6.55. The maximum absolute atomic E-state index is 12.6. The number of hydrogen-bond acceptors (Lipinski definition) is 8. The van der Waals surface area contributed by atoms with E-state index < -0.39 is 17.1 Å². The van der Waals surface area contributed by atoms with Gasteiger partial charge in [-0.3, -0.25) is 9.59 Å². The molecule has 1 spiro atoms. The van der Waals surface area contributed by atoms with Crippen molar-refractivity contribution in [2.75, 3.05) is 33.5 Å². The molecule has 10 heteroatoms. The van der Waals surface area contributed by atoms with Crippen LogP contribution in [0, 0.1) is 0 Å². The third-order valence-corrected chi connectivity index (χ3v) is 7.84. The molecule has 0 aromatic heterocycles. The summed E-state index contributed by atoms with van der Waals surface area (Å²) in [5.74, 6) is -0.253. The molecule has 4 aliphatic rings. The molecule has 2 aliphatic heterocycles. The quantitative estimate of drug-likeness (QED) is 0.339. The Bertz CT molecular complexity index is 957. The highest BCUT2D eigenvalue weighted by atomic mass is 16.5. The molecule has 1 aromatic rings. The summed E-state index contributed by atoms with van der Waals surface area (Å²) in [4.78, 5) is 26.2. The number of nitrogens with one attached hydrogen (secondary N) is 2. The smallest absolute Gasteiger partial charge is 0.247 e. The minimum atomic E-state index is -1.01. The number of carbonyl (C=O) groups is 2. The maximum Gasteiger partial charge on any atom is 0.247 e. The van der Waals surface area contributed by atoms with E-state index in [0.29, 0.717) is 31.4 Å². The minimum Gasteiger partial charge on any atom is -0.504 e. The summed E-state index contributed by atoms with van der Waals surface area (Å²) in [6, 6.07) is 3.17. The van der Waals surface area contributed by atoms with Crippen molar-refractivity contribution in [1.82, 2.24) is 15.5 Å². The van der Waals surface area contributed by atoms with Crippen molar-refractivity contribution in [3.05, 3.63) is 23.3 Å². The third kappa shape index (κ3) is 2.86. The number of likely N-dealkylation sites (tertiary alicyclic amines) is 1. The maximum atomic E-state index is 12.6. The van der Waals surface area contributed by atoms with Gasteiger partial charge in [0, 0.05) is 11.6 Å². The van der Waals surface area contributed by atoms with Crippen LogP contribution in [0.15, 0.2) is 12.1 Å². The van der Waals surface area contributed by atoms with Gasteiger partial charge in [-0.05, 0) is 50.9 Å². The number of aromatic hydroxyl groups is 1. The average molecular weight is 447 g/mol. The second kappa shape index (κ2) is 7.58. The van der Waals surface area contributed by atoms with Gasteiger partial charge in [0.25, 0.3) is 0 Å². The van der Waals surface area contributed by atoms with Gasteiger partial charge in [-0.25, -0.2) is 0 Å². The van der Waals surface area contributed by atoms with Crippen molar-refractivity contribution in [3.63, 3.8) is 0 Å². The number of amides is 2. The number of phenolic OH excluding ortho intramolecular Hbond substituents is 1. The first-order valence-electron chi connectivity index (χ1n) is 11.1. The van der Waals surface area contributed by atoms with Crippen molar-refractivity contribution in [3.8, 4) is 11.5 Å². The number of benzene rings is 1. The van der Waals surface area contributed by atoms with Crippen LogP contribution in [0.25, 0.3) is 0 Å². The van der Waals surface area contributed by atoms with Gasteiger partial charge in [-0.1, -0.05) is 6.07 Å². The standard InChI is InChI=1S/C22H30N4O6/c1-26-7-6-21-18-12-2-3-14(27)19(18)32-20(21)13(4-5-22(21,30)15(26)8-12)25-17(29)10-31-9-16(28)24-11-23/h2-3,13,15,20,27,30H,4-11,23H2,1H3,(H,24,28)(H,25,29)/t13-,15?,20-,21-,22+/m0/s1. The fraction of sp³-hybridized carbons (Fsp3) is 0.636. The van der Waals surface area contributed by atoms with Crippen molar-refractivity contribution in [2.45, 2.75) is 54.9 Å². The Hall–Kier alpha value is -2.40. The molecule has 5 atom stereocenters. The molecule has 174 valence electrons. The van der Waals surface area contributed by atoms with Crippen molar-refractivity contribution in [2.24, 2.45) is 5.73 Å². The minimum absolute atomic E-state index is 0.00600. The van der Waals surface area contributed by atoms with Crippen molar-refractivity contribution in [1.29, 1.82) is 0 Å². The molecule has 1 aromatic carbocycles. The number of nitrogens with zero attached hydrogens (tertiary/aromatic N) is 1. The SMILES string of the molecule is CN1CC[C@]23c4c5ccc(O)c4O[C@H]2[C@@H](NC(=O)COCC(=O)NCN)CC[C@@]3(O)C1C5. The Labute approximate surface area is 186 Å². The van der Waals surface area contributed by atoms with Crippen LogP contribution in [-0.2, 0) is 26.2 Å². The zero-order chi connectivity index (χ0) is 22.7. The molecule has 0 radical (unpaired) electrons. The molecule has 1 saturated heterocycles. The molecule has 10 nitrogen and oxygen atoms in total. The lowest BCUT2D eigenvalue weighted by Gasteiger charge is -2.63. The number of nitrogens with two attached hydrogens (primary N) is 1. The summed E-state index contributed by atoms with van der Waals surface area (Å²) in [5, 5.41) is 28.0. The van der Waals surface area contributed by atoms with E-state index in [1.807, 2.05) is 13.1 Å². The lowest BCUT2D eigenvalue weighted by Crippen LogP contribution is -2.77. The van der Waals surface area contributed by atoms with E-state index in [1.54, 1.807) is 6.07 Å². The van der Waals surface area contributed by atoms with Gasteiger partial charge in [0.1, 0.15) is 19.3 Å². The number of hydrogen-bond donors (Lipinski definition) is 5. The summed E-state index contributed by atoms with van der Waals surface area (Å²) >= 11 is 0. The van der Waals surface area contributed by atoms with Gasteiger partial charge in [0.15, 0.2) is 11.5 Å². The second-order valence-electron chi connectivity index (χ2n) is 9.34. The fourth-order valence-corrected chi connectivity index (χ4v) is 6.55. The molecule has 32 heavy (non-hydrogen) atoms. The Balaban J connectivity index is 1.41. The Morgan fingerprint density at radius 2 is 2.09 bits per heavy atom. The van der Waals surface area contributed by atoms with Crippen LogP contribution in [-0.4, -0.2) is 84.2 Å². The average Bonchev–Trinajstić information content (AvgIpc) is 3.11. The van der Waals surface area contributed by atoms with Gasteiger partial charge in [0.05, 0.1) is 23.7 Å². The number of likely N-dealkylation sites (N-methyl/N-ethyl adjacent to an activating group) is 1. The molecule has 2 amide bonds. The van der Waals surface area contributed by atoms with E-state index in [0.717, 1.165) is 17.7 Å². The predicted octanol–water partition coefficient (Wildman–Crippen LogP) is -1.29. The first-order chi connectivity index (χ1) is 15.3. The number of rotatable bonds is 6. The van der Waals surface area contributed by atoms with Gasteiger partial charge in [-0.15, -0.1) is 0 Å². The van der Waals surface area contributed by atoms with Crippen molar-refractivity contribution >= 4 is 11.8 Å². The summed E-state index contributed by atoms with van der Waals surface area (Å²) < 4.78 is 11.5. The van der Waals surface area contributed by atoms with Crippen LogP contribution in [0.5, 0.6) is 11.5 Å². The molecular formula is C22H30N4O6. The van der Waals surface area contributed by atoms with Crippen LogP contribution in [0.1, 0.15) is 30.4 Å². The number of ether oxygens (including phenoxy) is 2. The monoisotopic (exact) mass is 446 g/mol. The largest absolute Gasteiger partial charge is 0.504 e. The highest BCUT2D eigenvalue weighted by molar-refractivity contribution is 5.80. The summed E-state index contributed by atoms with van der Waals surface area (Å²) in [5.41, 5.74) is 5.54. The van der Waals surface area contributed by atoms with Crippen LogP contribution in [0.3, 0.4) is 0 Å². The molecule has 5 rings (SSSR count). The zero-order valence-corrected chi connectivity index (χ0v) is 18.1. The summed E-state index contributed by atoms with van der Waals surface area (Å²) in [6.45, 7) is 0.274. The van der Waals surface area contributed by atoms with Crippen molar-refractivity contribution < 1.29 is 29.3 Å². The van der Waals surface area contributed by atoms with E-state index in [1.165, 1.54) is 0 Å². The van der Waals surface area contributed by atoms with E-state index >= 15 is 0 Å². The first kappa shape index (κ1) is 21.4. The van der Waals surface area contributed by atoms with Gasteiger partial charge in [0.2, 0.25) is 11.8 Å². The Kier molecular flexibility index (Phi) is 5.08. The molecule has 6 N–H and O–H groups in total. The lowest BCUT2D eigenvalue weighted by atomic mass is 9.48. The van der Waals surface area contributed by atoms with Crippen LogP contribution >= 0.6 is 0 Å². The zero-order valence-electron chi connectivity index (χ0n) is 18.1. The molecule has 2 heterocycles. The molecule has 1 saturated carbocycles. The first-order valence-corrected chi connectivity index (χ1v) is 11.1. The highest BCUT2D eigenvalue weighted by Gasteiger charge is 2.72. The molecule has 2 aliphatic carbocycles. The number of piperidine rings is 1. The van der Waals surface area contributed by atoms with E-state index in [2.05, 4.69) is 15.5 Å². The predicted molar refractivity (Wildman–Crippen MR) is 113 cm³/mol. The van der Waals surface area contributed by atoms with Crippen LogP contribution < -0.4 is 21.1 Å². The van der Waals surface area contributed by atoms with Crippen LogP contribution in [0.4, 0.5) is 0 Å². The summed E-state index contributed by atoms with van der Waals surface area (Å²) in [7, 11) is 2.04. The van der Waals surface area contributed by atoms with Gasteiger partial charge >= 0.3 is 0 Å². The van der Waals surface area contributed by atoms with Gasteiger partial charge in [-0.2, -0.15) is 0 Å². The Morgan fingerprint density at radius 3 is 2.88 bits per heavy atom. The highest BCUT2D eigenvalue weighted by Crippen LogP contribution is 2.65. The molecule has 2 bridgehead atoms. The molecule has 1 unspecified atom stereocenters.